The number of ether oxygens (including phenoxy) is 2. The van der Waals surface area contributed by atoms with Crippen LogP contribution in [0.1, 0.15) is 119 Å². The first-order valence-corrected chi connectivity index (χ1v) is 11.1. The fraction of sp³-hybridized carbons (Fsp3) is 0.913. The minimum absolute atomic E-state index is 0.199. The largest absolute Gasteiger partial charge is 0.462 e. The number of hydrogen-bond acceptors (Lipinski definition) is 4. The normalized spacial score (nSPS) is 13.9. The molecular formula is C23H44O4. The first-order chi connectivity index (χ1) is 12.7. The van der Waals surface area contributed by atoms with Crippen LogP contribution in [0.2, 0.25) is 0 Å². The van der Waals surface area contributed by atoms with Gasteiger partial charge in [-0.15, -0.1) is 0 Å². The summed E-state index contributed by atoms with van der Waals surface area (Å²) < 4.78 is 11.0. The van der Waals surface area contributed by atoms with E-state index in [9.17, 15) is 9.59 Å². The number of hydrogen-bond donors (Lipinski definition) is 0. The molecular weight excluding hydrogens is 340 g/mol. The Balaban J connectivity index is 4.06. The Labute approximate surface area is 167 Å². The maximum absolute atomic E-state index is 12.4. The fourth-order valence-corrected chi connectivity index (χ4v) is 3.16. The van der Waals surface area contributed by atoms with Gasteiger partial charge in [-0.25, -0.2) is 0 Å². The third kappa shape index (κ3) is 14.6. The van der Waals surface area contributed by atoms with Gasteiger partial charge < -0.3 is 9.47 Å². The molecule has 0 amide bonds. The SMILES string of the molecule is CCCCCCCCCCCC(=O)O[C@H](C)C(CCC)C(=O)OC(C)(C)C. The van der Waals surface area contributed by atoms with E-state index < -0.39 is 11.7 Å². The maximum Gasteiger partial charge on any atom is 0.313 e. The molecule has 1 unspecified atom stereocenters. The van der Waals surface area contributed by atoms with Gasteiger partial charge in [0.15, 0.2) is 0 Å². The van der Waals surface area contributed by atoms with Crippen molar-refractivity contribution in [2.24, 2.45) is 5.92 Å². The molecule has 0 radical (unpaired) electrons. The summed E-state index contributed by atoms with van der Waals surface area (Å²) in [7, 11) is 0. The van der Waals surface area contributed by atoms with E-state index >= 15 is 0 Å². The molecule has 0 aromatic heterocycles. The third-order valence-corrected chi connectivity index (χ3v) is 4.68. The van der Waals surface area contributed by atoms with Crippen molar-refractivity contribution < 1.29 is 19.1 Å². The van der Waals surface area contributed by atoms with E-state index in [1.165, 1.54) is 44.9 Å². The quantitative estimate of drug-likeness (QED) is 0.236. The van der Waals surface area contributed by atoms with Crippen LogP contribution in [0.15, 0.2) is 0 Å². The van der Waals surface area contributed by atoms with Gasteiger partial charge >= 0.3 is 11.9 Å². The van der Waals surface area contributed by atoms with Gasteiger partial charge in [-0.1, -0.05) is 71.6 Å². The standard InChI is InChI=1S/C23H44O4/c1-7-9-10-11-12-13-14-15-16-18-21(24)26-19(3)20(17-8-2)22(25)27-23(4,5)6/h19-20H,7-18H2,1-6H3/t19-,20?/m1/s1. The molecule has 0 N–H and O–H groups in total. The molecule has 0 aliphatic carbocycles. The van der Waals surface area contributed by atoms with Crippen LogP contribution in [0.5, 0.6) is 0 Å². The van der Waals surface area contributed by atoms with Crippen LogP contribution in [-0.4, -0.2) is 23.6 Å². The van der Waals surface area contributed by atoms with Crippen molar-refractivity contribution in [1.29, 1.82) is 0 Å². The highest BCUT2D eigenvalue weighted by molar-refractivity contribution is 5.75. The summed E-state index contributed by atoms with van der Waals surface area (Å²) in [5.74, 6) is -0.857. The zero-order valence-electron chi connectivity index (χ0n) is 18.8. The molecule has 4 heteroatoms. The lowest BCUT2D eigenvalue weighted by molar-refractivity contribution is -0.169. The lowest BCUT2D eigenvalue weighted by Gasteiger charge is -2.27. The molecule has 0 aliphatic heterocycles. The summed E-state index contributed by atoms with van der Waals surface area (Å²) >= 11 is 0. The topological polar surface area (TPSA) is 52.6 Å². The smallest absolute Gasteiger partial charge is 0.313 e. The van der Waals surface area contributed by atoms with Crippen LogP contribution in [0.3, 0.4) is 0 Å². The number of unbranched alkanes of at least 4 members (excludes halogenated alkanes) is 8. The van der Waals surface area contributed by atoms with Gasteiger partial charge in [0, 0.05) is 6.42 Å². The third-order valence-electron chi connectivity index (χ3n) is 4.68. The second-order valence-electron chi connectivity index (χ2n) is 8.70. The molecule has 0 spiro atoms. The highest BCUT2D eigenvalue weighted by Gasteiger charge is 2.31. The average molecular weight is 385 g/mol. The van der Waals surface area contributed by atoms with Crippen LogP contribution in [0.4, 0.5) is 0 Å². The van der Waals surface area contributed by atoms with Gasteiger partial charge in [0.2, 0.25) is 0 Å². The Morgan fingerprint density at radius 2 is 1.33 bits per heavy atom. The average Bonchev–Trinajstić information content (AvgIpc) is 2.56. The molecule has 0 heterocycles. The monoisotopic (exact) mass is 384 g/mol. The van der Waals surface area contributed by atoms with E-state index in [1.54, 1.807) is 6.92 Å². The van der Waals surface area contributed by atoms with Crippen LogP contribution in [-0.2, 0) is 19.1 Å². The van der Waals surface area contributed by atoms with E-state index in [0.29, 0.717) is 12.8 Å². The van der Waals surface area contributed by atoms with Crippen LogP contribution in [0.25, 0.3) is 0 Å². The van der Waals surface area contributed by atoms with E-state index in [-0.39, 0.29) is 17.9 Å². The maximum atomic E-state index is 12.4. The van der Waals surface area contributed by atoms with Crippen molar-refractivity contribution in [3.8, 4) is 0 Å². The predicted molar refractivity (Wildman–Crippen MR) is 112 cm³/mol. The molecule has 0 rings (SSSR count). The summed E-state index contributed by atoms with van der Waals surface area (Å²) in [6, 6.07) is 0. The lowest BCUT2D eigenvalue weighted by atomic mass is 9.97. The first-order valence-electron chi connectivity index (χ1n) is 11.1. The molecule has 0 bridgehead atoms. The number of esters is 2. The Hall–Kier alpha value is -1.06. The highest BCUT2D eigenvalue weighted by Crippen LogP contribution is 2.21. The first kappa shape index (κ1) is 25.9. The van der Waals surface area contributed by atoms with E-state index in [2.05, 4.69) is 6.92 Å². The van der Waals surface area contributed by atoms with Crippen molar-refractivity contribution in [1.82, 2.24) is 0 Å². The van der Waals surface area contributed by atoms with Gasteiger partial charge in [0.25, 0.3) is 0 Å². The minimum atomic E-state index is -0.524. The van der Waals surface area contributed by atoms with Crippen molar-refractivity contribution in [3.05, 3.63) is 0 Å². The summed E-state index contributed by atoms with van der Waals surface area (Å²) in [6.45, 7) is 11.6. The van der Waals surface area contributed by atoms with Gasteiger partial charge in [0.05, 0.1) is 5.92 Å². The molecule has 160 valence electrons. The van der Waals surface area contributed by atoms with E-state index in [1.807, 2.05) is 27.7 Å². The Kier molecular flexibility index (Phi) is 14.3. The molecule has 0 aliphatic rings. The molecule has 27 heavy (non-hydrogen) atoms. The van der Waals surface area contributed by atoms with Crippen molar-refractivity contribution >= 4 is 11.9 Å². The van der Waals surface area contributed by atoms with E-state index in [4.69, 9.17) is 9.47 Å². The number of carbonyl (C=O) groups is 2. The summed E-state index contributed by atoms with van der Waals surface area (Å²) in [6.07, 6.45) is 12.5. The molecule has 0 aromatic rings. The number of carbonyl (C=O) groups excluding carboxylic acids is 2. The summed E-state index contributed by atoms with van der Waals surface area (Å²) in [5.41, 5.74) is -0.524. The van der Waals surface area contributed by atoms with Gasteiger partial charge in [0.1, 0.15) is 11.7 Å². The molecule has 0 saturated carbocycles. The van der Waals surface area contributed by atoms with Gasteiger partial charge in [-0.3, -0.25) is 9.59 Å². The second kappa shape index (κ2) is 14.9. The lowest BCUT2D eigenvalue weighted by Crippen LogP contribution is -2.36. The zero-order valence-corrected chi connectivity index (χ0v) is 18.8. The molecule has 4 nitrogen and oxygen atoms in total. The van der Waals surface area contributed by atoms with Crippen LogP contribution < -0.4 is 0 Å². The summed E-state index contributed by atoms with van der Waals surface area (Å²) in [5, 5.41) is 0. The van der Waals surface area contributed by atoms with Crippen LogP contribution >= 0.6 is 0 Å². The molecule has 0 aromatic carbocycles. The molecule has 0 fully saturated rings. The van der Waals surface area contributed by atoms with Crippen molar-refractivity contribution in [2.45, 2.75) is 130 Å². The predicted octanol–water partition coefficient (Wildman–Crippen LogP) is 6.60. The van der Waals surface area contributed by atoms with Crippen LogP contribution in [0, 0.1) is 5.92 Å². The highest BCUT2D eigenvalue weighted by atomic mass is 16.6. The number of rotatable bonds is 15. The van der Waals surface area contributed by atoms with E-state index in [0.717, 1.165) is 19.3 Å². The Morgan fingerprint density at radius 1 is 0.815 bits per heavy atom. The Bertz CT molecular complexity index is 398. The second-order valence-corrected chi connectivity index (χ2v) is 8.70. The van der Waals surface area contributed by atoms with Gasteiger partial charge in [-0.2, -0.15) is 0 Å². The zero-order chi connectivity index (χ0) is 20.7. The van der Waals surface area contributed by atoms with Crippen molar-refractivity contribution in [3.63, 3.8) is 0 Å². The Morgan fingerprint density at radius 3 is 1.81 bits per heavy atom. The fourth-order valence-electron chi connectivity index (χ4n) is 3.16. The minimum Gasteiger partial charge on any atom is -0.462 e. The van der Waals surface area contributed by atoms with Gasteiger partial charge in [-0.05, 0) is 40.5 Å². The summed E-state index contributed by atoms with van der Waals surface area (Å²) in [4.78, 5) is 24.5. The molecule has 0 saturated heterocycles. The molecule has 2 atom stereocenters. The van der Waals surface area contributed by atoms with Crippen molar-refractivity contribution in [2.75, 3.05) is 0 Å².